The number of aromatic nitrogens is 1. The molecule has 0 unspecified atom stereocenters. The molecule has 0 amide bonds. The van der Waals surface area contributed by atoms with E-state index in [1.54, 1.807) is 12.1 Å². The minimum Gasteiger partial charge on any atom is -0.327 e. The highest BCUT2D eigenvalue weighted by atomic mass is 32.2. The maximum Gasteiger partial charge on any atom is 0.243 e. The summed E-state index contributed by atoms with van der Waals surface area (Å²) in [5.41, 5.74) is 5.85. The fourth-order valence-electron chi connectivity index (χ4n) is 2.71. The third-order valence-electron chi connectivity index (χ3n) is 3.74. The molecule has 1 aliphatic heterocycles. The SMILES string of the molecule is N[C@H]1CCCN(S(=O)(=O)c2cccc3cncc(F)c23)C1. The van der Waals surface area contributed by atoms with Crippen LogP contribution in [-0.4, -0.2) is 36.8 Å². The summed E-state index contributed by atoms with van der Waals surface area (Å²) < 4.78 is 41.0. The highest BCUT2D eigenvalue weighted by Gasteiger charge is 2.30. The number of nitrogens with two attached hydrogens (primary N) is 1. The van der Waals surface area contributed by atoms with Gasteiger partial charge in [-0.25, -0.2) is 12.8 Å². The van der Waals surface area contributed by atoms with Crippen molar-refractivity contribution in [1.82, 2.24) is 9.29 Å². The first-order valence-electron chi connectivity index (χ1n) is 6.78. The van der Waals surface area contributed by atoms with Crippen LogP contribution in [-0.2, 0) is 10.0 Å². The van der Waals surface area contributed by atoms with E-state index in [1.165, 1.54) is 16.6 Å². The zero-order valence-corrected chi connectivity index (χ0v) is 12.2. The van der Waals surface area contributed by atoms with Crippen LogP contribution < -0.4 is 5.73 Å². The van der Waals surface area contributed by atoms with Crippen molar-refractivity contribution in [3.05, 3.63) is 36.4 Å². The molecule has 0 bridgehead atoms. The first-order valence-corrected chi connectivity index (χ1v) is 8.22. The van der Waals surface area contributed by atoms with Crippen molar-refractivity contribution in [2.45, 2.75) is 23.8 Å². The van der Waals surface area contributed by atoms with Crippen molar-refractivity contribution in [2.75, 3.05) is 13.1 Å². The number of hydrogen-bond acceptors (Lipinski definition) is 4. The molecular formula is C14H16FN3O2S. The first-order chi connectivity index (χ1) is 10.00. The third-order valence-corrected chi connectivity index (χ3v) is 5.64. The largest absolute Gasteiger partial charge is 0.327 e. The first kappa shape index (κ1) is 14.4. The Balaban J connectivity index is 2.15. The van der Waals surface area contributed by atoms with Gasteiger partial charge in [0.2, 0.25) is 10.0 Å². The summed E-state index contributed by atoms with van der Waals surface area (Å²) in [5, 5.41) is 0.559. The van der Waals surface area contributed by atoms with E-state index < -0.39 is 15.8 Å². The van der Waals surface area contributed by atoms with Gasteiger partial charge in [-0.1, -0.05) is 12.1 Å². The van der Waals surface area contributed by atoms with Crippen LogP contribution in [0.3, 0.4) is 0 Å². The number of rotatable bonds is 2. The van der Waals surface area contributed by atoms with E-state index >= 15 is 0 Å². The van der Waals surface area contributed by atoms with Gasteiger partial charge >= 0.3 is 0 Å². The standard InChI is InChI=1S/C14H16FN3O2S/c15-12-8-17-7-10-3-1-5-13(14(10)12)21(19,20)18-6-2-4-11(16)9-18/h1,3,5,7-8,11H,2,4,6,9,16H2/t11-/m0/s1. The van der Waals surface area contributed by atoms with Crippen LogP contribution in [0.25, 0.3) is 10.8 Å². The summed E-state index contributed by atoms with van der Waals surface area (Å²) in [4.78, 5) is 3.74. The van der Waals surface area contributed by atoms with Crippen LogP contribution >= 0.6 is 0 Å². The molecule has 0 saturated carbocycles. The van der Waals surface area contributed by atoms with E-state index in [2.05, 4.69) is 4.98 Å². The quantitative estimate of drug-likeness (QED) is 0.912. The monoisotopic (exact) mass is 309 g/mol. The number of sulfonamides is 1. The molecule has 1 fully saturated rings. The van der Waals surface area contributed by atoms with Gasteiger partial charge in [-0.05, 0) is 18.9 Å². The molecular weight excluding hydrogens is 293 g/mol. The molecule has 112 valence electrons. The third kappa shape index (κ3) is 2.52. The van der Waals surface area contributed by atoms with Crippen molar-refractivity contribution in [3.63, 3.8) is 0 Å². The molecule has 1 aromatic heterocycles. The second-order valence-corrected chi connectivity index (χ2v) is 7.15. The van der Waals surface area contributed by atoms with Crippen molar-refractivity contribution < 1.29 is 12.8 Å². The maximum atomic E-state index is 14.1. The van der Waals surface area contributed by atoms with Gasteiger partial charge in [-0.3, -0.25) is 4.98 Å². The summed E-state index contributed by atoms with van der Waals surface area (Å²) in [6, 6.07) is 4.50. The van der Waals surface area contributed by atoms with Crippen molar-refractivity contribution in [3.8, 4) is 0 Å². The Morgan fingerprint density at radius 1 is 1.33 bits per heavy atom. The molecule has 1 atom stereocenters. The number of fused-ring (bicyclic) bond motifs is 1. The molecule has 2 N–H and O–H groups in total. The van der Waals surface area contributed by atoms with E-state index in [0.717, 1.165) is 19.0 Å². The molecule has 0 radical (unpaired) electrons. The van der Waals surface area contributed by atoms with Gasteiger partial charge in [0.05, 0.1) is 11.1 Å². The van der Waals surface area contributed by atoms with E-state index in [9.17, 15) is 12.8 Å². The van der Waals surface area contributed by atoms with Gasteiger partial charge in [0.1, 0.15) is 0 Å². The maximum absolute atomic E-state index is 14.1. The van der Waals surface area contributed by atoms with E-state index in [-0.39, 0.29) is 22.9 Å². The van der Waals surface area contributed by atoms with Crippen LogP contribution in [0, 0.1) is 5.82 Å². The molecule has 1 saturated heterocycles. The Bertz CT molecular complexity index is 774. The molecule has 1 aromatic carbocycles. The van der Waals surface area contributed by atoms with Gasteiger partial charge in [-0.2, -0.15) is 4.31 Å². The lowest BCUT2D eigenvalue weighted by atomic mass is 10.1. The Kier molecular flexibility index (Phi) is 3.64. The number of hydrogen-bond donors (Lipinski definition) is 1. The van der Waals surface area contributed by atoms with Gasteiger partial charge in [0.25, 0.3) is 0 Å². The average molecular weight is 309 g/mol. The zero-order valence-electron chi connectivity index (χ0n) is 11.4. The topological polar surface area (TPSA) is 76.3 Å². The van der Waals surface area contributed by atoms with E-state index in [4.69, 9.17) is 5.73 Å². The second kappa shape index (κ2) is 5.32. The highest BCUT2D eigenvalue weighted by Crippen LogP contribution is 2.28. The molecule has 0 spiro atoms. The number of halogens is 1. The number of nitrogens with zero attached hydrogens (tertiary/aromatic N) is 2. The van der Waals surface area contributed by atoms with Gasteiger partial charge < -0.3 is 5.73 Å². The molecule has 2 aromatic rings. The smallest absolute Gasteiger partial charge is 0.243 e. The van der Waals surface area contributed by atoms with Crippen LogP contribution in [0.15, 0.2) is 35.5 Å². The van der Waals surface area contributed by atoms with Crippen LogP contribution in [0.2, 0.25) is 0 Å². The minimum absolute atomic E-state index is 0.0194. The molecule has 1 aliphatic rings. The minimum atomic E-state index is -3.76. The molecule has 2 heterocycles. The van der Waals surface area contributed by atoms with E-state index in [1.807, 2.05) is 0 Å². The van der Waals surface area contributed by atoms with E-state index in [0.29, 0.717) is 11.9 Å². The van der Waals surface area contributed by atoms with Crippen molar-refractivity contribution in [1.29, 1.82) is 0 Å². The summed E-state index contributed by atoms with van der Waals surface area (Å²) >= 11 is 0. The number of piperidine rings is 1. The Morgan fingerprint density at radius 2 is 2.14 bits per heavy atom. The molecule has 5 nitrogen and oxygen atoms in total. The predicted octanol–water partition coefficient (Wildman–Crippen LogP) is 1.49. The Hall–Kier alpha value is -1.57. The molecule has 3 rings (SSSR count). The lowest BCUT2D eigenvalue weighted by Gasteiger charge is -2.30. The van der Waals surface area contributed by atoms with Gasteiger partial charge in [-0.15, -0.1) is 0 Å². The second-order valence-electron chi connectivity index (χ2n) is 5.24. The average Bonchev–Trinajstić information content (AvgIpc) is 2.47. The van der Waals surface area contributed by atoms with Crippen molar-refractivity contribution in [2.24, 2.45) is 5.73 Å². The fourth-order valence-corrected chi connectivity index (χ4v) is 4.46. The molecule has 21 heavy (non-hydrogen) atoms. The summed E-state index contributed by atoms with van der Waals surface area (Å²) in [5.74, 6) is -0.631. The fraction of sp³-hybridized carbons (Fsp3) is 0.357. The Morgan fingerprint density at radius 3 is 2.90 bits per heavy atom. The zero-order chi connectivity index (χ0) is 15.0. The van der Waals surface area contributed by atoms with Crippen molar-refractivity contribution >= 4 is 20.8 Å². The lowest BCUT2D eigenvalue weighted by Crippen LogP contribution is -2.45. The number of benzene rings is 1. The molecule has 0 aliphatic carbocycles. The molecule has 7 heteroatoms. The normalized spacial score (nSPS) is 20.8. The predicted molar refractivity (Wildman–Crippen MR) is 77.7 cm³/mol. The summed E-state index contributed by atoms with van der Waals surface area (Å²) in [7, 11) is -3.76. The van der Waals surface area contributed by atoms with Crippen LogP contribution in [0.4, 0.5) is 4.39 Å². The number of pyridine rings is 1. The van der Waals surface area contributed by atoms with Crippen LogP contribution in [0.5, 0.6) is 0 Å². The highest BCUT2D eigenvalue weighted by molar-refractivity contribution is 7.89. The summed E-state index contributed by atoms with van der Waals surface area (Å²) in [6.45, 7) is 0.685. The van der Waals surface area contributed by atoms with Gasteiger partial charge in [0, 0.05) is 36.1 Å². The van der Waals surface area contributed by atoms with Gasteiger partial charge in [0.15, 0.2) is 5.82 Å². The van der Waals surface area contributed by atoms with Crippen LogP contribution in [0.1, 0.15) is 12.8 Å². The summed E-state index contributed by atoms with van der Waals surface area (Å²) in [6.07, 6.45) is 4.01. The Labute approximate surface area is 122 Å². The lowest BCUT2D eigenvalue weighted by molar-refractivity contribution is 0.316.